The van der Waals surface area contributed by atoms with E-state index in [4.69, 9.17) is 4.74 Å². The van der Waals surface area contributed by atoms with Crippen molar-refractivity contribution in [1.29, 1.82) is 0 Å². The van der Waals surface area contributed by atoms with Crippen LogP contribution in [0.1, 0.15) is 15.9 Å². The number of rotatable bonds is 4. The van der Waals surface area contributed by atoms with Gasteiger partial charge in [0, 0.05) is 10.9 Å². The Balaban J connectivity index is 2.30. The summed E-state index contributed by atoms with van der Waals surface area (Å²) in [6.07, 6.45) is 0.196. The number of carbonyl (C=O) groups is 1. The molecule has 0 saturated carbocycles. The minimum Gasteiger partial charge on any atom is -0.496 e. The van der Waals surface area contributed by atoms with Crippen molar-refractivity contribution in [1.82, 2.24) is 0 Å². The molecule has 0 radical (unpaired) electrons. The summed E-state index contributed by atoms with van der Waals surface area (Å²) in [6.45, 7) is 0. The van der Waals surface area contributed by atoms with Gasteiger partial charge in [0.05, 0.1) is 12.7 Å². The van der Waals surface area contributed by atoms with Crippen LogP contribution < -0.4 is 4.74 Å². The first-order valence-corrected chi connectivity index (χ1v) is 6.51. The zero-order valence-corrected chi connectivity index (χ0v) is 11.9. The molecule has 0 aliphatic rings. The summed E-state index contributed by atoms with van der Waals surface area (Å²) in [4.78, 5) is 12.2. The van der Waals surface area contributed by atoms with Crippen molar-refractivity contribution < 1.29 is 13.9 Å². The fourth-order valence-electron chi connectivity index (χ4n) is 1.81. The molecular formula is C15H12BrFO2. The molecule has 0 spiro atoms. The highest BCUT2D eigenvalue weighted by molar-refractivity contribution is 9.10. The molecule has 0 aliphatic heterocycles. The van der Waals surface area contributed by atoms with Crippen LogP contribution in [0, 0.1) is 5.82 Å². The maximum atomic E-state index is 13.2. The van der Waals surface area contributed by atoms with E-state index in [9.17, 15) is 9.18 Å². The van der Waals surface area contributed by atoms with E-state index in [0.29, 0.717) is 5.75 Å². The summed E-state index contributed by atoms with van der Waals surface area (Å²) in [5.41, 5.74) is 1.12. The van der Waals surface area contributed by atoms with Crippen LogP contribution in [0.3, 0.4) is 0 Å². The third kappa shape index (κ3) is 3.20. The Labute approximate surface area is 119 Å². The summed E-state index contributed by atoms with van der Waals surface area (Å²) in [5.74, 6) is -0.238. The van der Waals surface area contributed by atoms with Gasteiger partial charge >= 0.3 is 0 Å². The number of hydrogen-bond acceptors (Lipinski definition) is 2. The smallest absolute Gasteiger partial charge is 0.171 e. The van der Waals surface area contributed by atoms with Gasteiger partial charge in [0.1, 0.15) is 11.6 Å². The topological polar surface area (TPSA) is 26.3 Å². The lowest BCUT2D eigenvalue weighted by molar-refractivity contribution is 0.0989. The number of ether oxygens (including phenoxy) is 1. The van der Waals surface area contributed by atoms with Crippen molar-refractivity contribution in [2.45, 2.75) is 6.42 Å². The molecule has 0 amide bonds. The summed E-state index contributed by atoms with van der Waals surface area (Å²) in [5, 5.41) is 0. The first-order chi connectivity index (χ1) is 9.11. The molecule has 2 rings (SSSR count). The molecule has 98 valence electrons. The molecule has 0 saturated heterocycles. The molecule has 0 aliphatic carbocycles. The van der Waals surface area contributed by atoms with E-state index in [0.717, 1.165) is 10.0 Å². The third-order valence-electron chi connectivity index (χ3n) is 2.77. The van der Waals surface area contributed by atoms with Gasteiger partial charge in [0.2, 0.25) is 0 Å². The van der Waals surface area contributed by atoms with Crippen molar-refractivity contribution in [3.05, 3.63) is 63.9 Å². The fraction of sp³-hybridized carbons (Fsp3) is 0.133. The normalized spacial score (nSPS) is 10.3. The SMILES string of the molecule is COc1ccc(F)cc1C(=O)Cc1ccccc1Br. The molecule has 0 bridgehead atoms. The Bertz CT molecular complexity index is 611. The fourth-order valence-corrected chi connectivity index (χ4v) is 2.23. The molecule has 0 fully saturated rings. The summed E-state index contributed by atoms with van der Waals surface area (Å²) >= 11 is 3.39. The molecule has 0 aromatic heterocycles. The standard InChI is InChI=1S/C15H12BrFO2/c1-19-15-7-6-11(17)9-12(15)14(18)8-10-4-2-3-5-13(10)16/h2-7,9H,8H2,1H3. The Morgan fingerprint density at radius 3 is 2.68 bits per heavy atom. The van der Waals surface area contributed by atoms with Gasteiger partial charge < -0.3 is 4.74 Å². The molecule has 2 aromatic carbocycles. The zero-order chi connectivity index (χ0) is 13.8. The van der Waals surface area contributed by atoms with Crippen LogP contribution in [-0.4, -0.2) is 12.9 Å². The second kappa shape index (κ2) is 5.97. The van der Waals surface area contributed by atoms with Gasteiger partial charge in [-0.05, 0) is 29.8 Å². The average Bonchev–Trinajstić information content (AvgIpc) is 2.41. The minimum absolute atomic E-state index is 0.178. The quantitative estimate of drug-likeness (QED) is 0.795. The second-order valence-corrected chi connectivity index (χ2v) is 4.89. The van der Waals surface area contributed by atoms with Crippen molar-refractivity contribution in [3.8, 4) is 5.75 Å². The predicted molar refractivity (Wildman–Crippen MR) is 75.1 cm³/mol. The van der Waals surface area contributed by atoms with Crippen LogP contribution in [0.25, 0.3) is 0 Å². The largest absolute Gasteiger partial charge is 0.496 e. The molecule has 4 heteroatoms. The van der Waals surface area contributed by atoms with E-state index in [2.05, 4.69) is 15.9 Å². The van der Waals surface area contributed by atoms with Crippen molar-refractivity contribution in [3.63, 3.8) is 0 Å². The lowest BCUT2D eigenvalue weighted by atomic mass is 10.0. The number of ketones is 1. The van der Waals surface area contributed by atoms with E-state index in [1.165, 1.54) is 25.3 Å². The van der Waals surface area contributed by atoms with E-state index < -0.39 is 5.82 Å². The van der Waals surface area contributed by atoms with Crippen LogP contribution in [0.2, 0.25) is 0 Å². The van der Waals surface area contributed by atoms with Crippen molar-refractivity contribution in [2.75, 3.05) is 7.11 Å². The third-order valence-corrected chi connectivity index (χ3v) is 3.54. The van der Waals surface area contributed by atoms with Crippen molar-refractivity contribution >= 4 is 21.7 Å². The van der Waals surface area contributed by atoms with E-state index in [-0.39, 0.29) is 17.8 Å². The number of benzene rings is 2. The van der Waals surface area contributed by atoms with E-state index >= 15 is 0 Å². The molecular weight excluding hydrogens is 311 g/mol. The first-order valence-electron chi connectivity index (χ1n) is 5.72. The lowest BCUT2D eigenvalue weighted by Crippen LogP contribution is -2.06. The predicted octanol–water partition coefficient (Wildman–Crippen LogP) is 4.02. The number of carbonyl (C=O) groups excluding carboxylic acids is 1. The lowest BCUT2D eigenvalue weighted by Gasteiger charge is -2.08. The van der Waals surface area contributed by atoms with Gasteiger partial charge in [0.15, 0.2) is 5.78 Å². The number of methoxy groups -OCH3 is 1. The van der Waals surface area contributed by atoms with Gasteiger partial charge in [-0.1, -0.05) is 34.1 Å². The highest BCUT2D eigenvalue weighted by atomic mass is 79.9. The number of halogens is 2. The average molecular weight is 323 g/mol. The first kappa shape index (κ1) is 13.7. The highest BCUT2D eigenvalue weighted by Crippen LogP contribution is 2.23. The number of hydrogen-bond donors (Lipinski definition) is 0. The molecule has 2 nitrogen and oxygen atoms in total. The highest BCUT2D eigenvalue weighted by Gasteiger charge is 2.15. The van der Waals surface area contributed by atoms with Crippen molar-refractivity contribution in [2.24, 2.45) is 0 Å². The van der Waals surface area contributed by atoms with Crippen LogP contribution >= 0.6 is 15.9 Å². The molecule has 0 atom stereocenters. The Morgan fingerprint density at radius 1 is 1.26 bits per heavy atom. The van der Waals surface area contributed by atoms with Gasteiger partial charge in [-0.25, -0.2) is 4.39 Å². The van der Waals surface area contributed by atoms with Gasteiger partial charge in [0.25, 0.3) is 0 Å². The Hall–Kier alpha value is -1.68. The number of Topliss-reactive ketones (excluding diaryl/α,β-unsaturated/α-hetero) is 1. The monoisotopic (exact) mass is 322 g/mol. The van der Waals surface area contributed by atoms with Crippen LogP contribution in [0.5, 0.6) is 5.75 Å². The molecule has 2 aromatic rings. The van der Waals surface area contributed by atoms with Crippen LogP contribution in [0.4, 0.5) is 4.39 Å². The minimum atomic E-state index is -0.448. The van der Waals surface area contributed by atoms with E-state index in [1.807, 2.05) is 24.3 Å². The molecule has 0 N–H and O–H groups in total. The maximum absolute atomic E-state index is 13.2. The molecule has 0 unspecified atom stereocenters. The van der Waals surface area contributed by atoms with Gasteiger partial charge in [-0.3, -0.25) is 4.79 Å². The Morgan fingerprint density at radius 2 is 2.00 bits per heavy atom. The van der Waals surface area contributed by atoms with Gasteiger partial charge in [-0.2, -0.15) is 0 Å². The molecule has 0 heterocycles. The second-order valence-electron chi connectivity index (χ2n) is 4.04. The van der Waals surface area contributed by atoms with Crippen LogP contribution in [0.15, 0.2) is 46.9 Å². The summed E-state index contributed by atoms with van der Waals surface area (Å²) < 4.78 is 19.2. The van der Waals surface area contributed by atoms with Crippen LogP contribution in [-0.2, 0) is 6.42 Å². The summed E-state index contributed by atoms with van der Waals surface area (Å²) in [7, 11) is 1.46. The summed E-state index contributed by atoms with van der Waals surface area (Å²) in [6, 6.07) is 11.4. The van der Waals surface area contributed by atoms with E-state index in [1.54, 1.807) is 0 Å². The van der Waals surface area contributed by atoms with Gasteiger partial charge in [-0.15, -0.1) is 0 Å². The molecule has 19 heavy (non-hydrogen) atoms. The zero-order valence-electron chi connectivity index (χ0n) is 10.3. The Kier molecular flexibility index (Phi) is 4.32. The maximum Gasteiger partial charge on any atom is 0.171 e.